The predicted molar refractivity (Wildman–Crippen MR) is 100 cm³/mol. The number of carbonyl (C=O) groups is 1. The van der Waals surface area contributed by atoms with E-state index in [0.29, 0.717) is 30.6 Å². The van der Waals surface area contributed by atoms with E-state index < -0.39 is 6.04 Å². The standard InChI is InChI=1S/C20H20N4O3/c1-14(24-20(26)16-9-5-6-10-17(16)21-22-24)19(25)23-11-12-27-18(13-23)15-7-3-2-4-8-15/h2-10,14,18H,11-13H2,1H3/t14-,18-/m0/s1. The van der Waals surface area contributed by atoms with Crippen molar-refractivity contribution in [3.05, 3.63) is 70.5 Å². The van der Waals surface area contributed by atoms with Crippen LogP contribution in [0.4, 0.5) is 0 Å². The molecule has 1 saturated heterocycles. The van der Waals surface area contributed by atoms with Gasteiger partial charge in [-0.25, -0.2) is 0 Å². The van der Waals surface area contributed by atoms with Crippen molar-refractivity contribution in [3.8, 4) is 0 Å². The number of hydrogen-bond donors (Lipinski definition) is 0. The van der Waals surface area contributed by atoms with Crippen LogP contribution in [0.2, 0.25) is 0 Å². The molecule has 2 aromatic carbocycles. The first-order chi connectivity index (χ1) is 13.1. The molecule has 7 heteroatoms. The largest absolute Gasteiger partial charge is 0.370 e. The van der Waals surface area contributed by atoms with E-state index in [0.717, 1.165) is 10.2 Å². The van der Waals surface area contributed by atoms with E-state index in [4.69, 9.17) is 4.74 Å². The highest BCUT2D eigenvalue weighted by atomic mass is 16.5. The molecule has 0 unspecified atom stereocenters. The third kappa shape index (κ3) is 3.33. The third-order valence-corrected chi connectivity index (χ3v) is 4.87. The molecule has 138 valence electrons. The van der Waals surface area contributed by atoms with Crippen molar-refractivity contribution in [2.45, 2.75) is 19.1 Å². The minimum absolute atomic E-state index is 0.161. The van der Waals surface area contributed by atoms with Gasteiger partial charge in [0, 0.05) is 6.54 Å². The Kier molecular flexibility index (Phi) is 4.68. The minimum Gasteiger partial charge on any atom is -0.370 e. The number of carbonyl (C=O) groups excluding carboxylic acids is 1. The Morgan fingerprint density at radius 1 is 1.15 bits per heavy atom. The van der Waals surface area contributed by atoms with Crippen LogP contribution in [-0.4, -0.2) is 45.5 Å². The number of amides is 1. The molecule has 27 heavy (non-hydrogen) atoms. The third-order valence-electron chi connectivity index (χ3n) is 4.87. The Labute approximate surface area is 156 Å². The number of fused-ring (bicyclic) bond motifs is 1. The van der Waals surface area contributed by atoms with Crippen molar-refractivity contribution in [1.29, 1.82) is 0 Å². The molecule has 2 heterocycles. The van der Waals surface area contributed by atoms with Gasteiger partial charge in [0.25, 0.3) is 5.56 Å². The van der Waals surface area contributed by atoms with E-state index in [1.807, 2.05) is 30.3 Å². The number of ether oxygens (including phenoxy) is 1. The zero-order chi connectivity index (χ0) is 18.8. The monoisotopic (exact) mass is 364 g/mol. The summed E-state index contributed by atoms with van der Waals surface area (Å²) in [7, 11) is 0. The zero-order valence-electron chi connectivity index (χ0n) is 15.0. The highest BCUT2D eigenvalue weighted by Crippen LogP contribution is 2.23. The van der Waals surface area contributed by atoms with Crippen LogP contribution in [-0.2, 0) is 9.53 Å². The lowest BCUT2D eigenvalue weighted by Gasteiger charge is -2.34. The maximum Gasteiger partial charge on any atom is 0.278 e. The smallest absolute Gasteiger partial charge is 0.278 e. The van der Waals surface area contributed by atoms with Crippen LogP contribution < -0.4 is 5.56 Å². The van der Waals surface area contributed by atoms with Crippen LogP contribution in [0.5, 0.6) is 0 Å². The predicted octanol–water partition coefficient (Wildman–Crippen LogP) is 1.95. The Morgan fingerprint density at radius 3 is 2.70 bits per heavy atom. The molecule has 4 rings (SSSR count). The highest BCUT2D eigenvalue weighted by Gasteiger charge is 2.30. The number of morpholine rings is 1. The van der Waals surface area contributed by atoms with Crippen LogP contribution in [0.1, 0.15) is 24.6 Å². The molecule has 1 aliphatic rings. The van der Waals surface area contributed by atoms with Gasteiger partial charge in [-0.2, -0.15) is 4.68 Å². The molecule has 0 radical (unpaired) electrons. The summed E-state index contributed by atoms with van der Waals surface area (Å²) in [4.78, 5) is 27.4. The summed E-state index contributed by atoms with van der Waals surface area (Å²) in [6.45, 7) is 3.07. The minimum atomic E-state index is -0.732. The topological polar surface area (TPSA) is 77.3 Å². The Morgan fingerprint density at radius 2 is 1.89 bits per heavy atom. The molecule has 1 aromatic heterocycles. The lowest BCUT2D eigenvalue weighted by molar-refractivity contribution is -0.142. The van der Waals surface area contributed by atoms with Gasteiger partial charge in [0.05, 0.1) is 18.5 Å². The van der Waals surface area contributed by atoms with Gasteiger partial charge in [0.1, 0.15) is 17.7 Å². The number of hydrogen-bond acceptors (Lipinski definition) is 5. The quantitative estimate of drug-likeness (QED) is 0.710. The van der Waals surface area contributed by atoms with Crippen LogP contribution in [0.3, 0.4) is 0 Å². The average Bonchev–Trinajstić information content (AvgIpc) is 2.74. The van der Waals surface area contributed by atoms with Crippen LogP contribution in [0.15, 0.2) is 59.4 Å². The van der Waals surface area contributed by atoms with Crippen molar-refractivity contribution in [2.24, 2.45) is 0 Å². The van der Waals surface area contributed by atoms with Crippen molar-refractivity contribution < 1.29 is 9.53 Å². The van der Waals surface area contributed by atoms with E-state index in [2.05, 4.69) is 10.3 Å². The first-order valence-corrected chi connectivity index (χ1v) is 8.95. The van der Waals surface area contributed by atoms with Crippen LogP contribution >= 0.6 is 0 Å². The lowest BCUT2D eigenvalue weighted by atomic mass is 10.1. The second kappa shape index (κ2) is 7.28. The molecule has 0 spiro atoms. The van der Waals surface area contributed by atoms with Crippen molar-refractivity contribution in [3.63, 3.8) is 0 Å². The average molecular weight is 364 g/mol. The number of aromatic nitrogens is 3. The van der Waals surface area contributed by atoms with Gasteiger partial charge in [-0.15, -0.1) is 5.10 Å². The van der Waals surface area contributed by atoms with E-state index in [-0.39, 0.29) is 17.6 Å². The Balaban J connectivity index is 1.57. The first-order valence-electron chi connectivity index (χ1n) is 8.95. The first kappa shape index (κ1) is 17.4. The fraction of sp³-hybridized carbons (Fsp3) is 0.300. The summed E-state index contributed by atoms with van der Waals surface area (Å²) in [5.41, 5.74) is 1.24. The second-order valence-electron chi connectivity index (χ2n) is 6.59. The van der Waals surface area contributed by atoms with Gasteiger partial charge >= 0.3 is 0 Å². The number of benzene rings is 2. The zero-order valence-corrected chi connectivity index (χ0v) is 15.0. The molecule has 3 aromatic rings. The summed E-state index contributed by atoms with van der Waals surface area (Å²) in [5, 5.41) is 8.50. The summed E-state index contributed by atoms with van der Waals surface area (Å²) in [6.07, 6.45) is -0.171. The summed E-state index contributed by atoms with van der Waals surface area (Å²) < 4.78 is 6.99. The van der Waals surface area contributed by atoms with Crippen LogP contribution in [0, 0.1) is 0 Å². The Hall–Kier alpha value is -3.06. The molecule has 2 atom stereocenters. The number of rotatable bonds is 3. The maximum atomic E-state index is 13.0. The molecule has 1 aliphatic heterocycles. The molecular weight excluding hydrogens is 344 g/mol. The molecule has 0 bridgehead atoms. The fourth-order valence-corrected chi connectivity index (χ4v) is 3.34. The molecule has 1 fully saturated rings. The second-order valence-corrected chi connectivity index (χ2v) is 6.59. The van der Waals surface area contributed by atoms with Gasteiger partial charge < -0.3 is 9.64 Å². The molecule has 7 nitrogen and oxygen atoms in total. The maximum absolute atomic E-state index is 13.0. The van der Waals surface area contributed by atoms with Gasteiger partial charge in [-0.05, 0) is 24.6 Å². The normalized spacial score (nSPS) is 18.4. The van der Waals surface area contributed by atoms with Crippen LogP contribution in [0.25, 0.3) is 10.9 Å². The summed E-state index contributed by atoms with van der Waals surface area (Å²) >= 11 is 0. The van der Waals surface area contributed by atoms with Gasteiger partial charge in [0.15, 0.2) is 0 Å². The van der Waals surface area contributed by atoms with Gasteiger partial charge in [-0.1, -0.05) is 47.7 Å². The summed E-state index contributed by atoms with van der Waals surface area (Å²) in [5.74, 6) is -0.161. The van der Waals surface area contributed by atoms with Crippen molar-refractivity contribution in [1.82, 2.24) is 19.9 Å². The lowest BCUT2D eigenvalue weighted by Crippen LogP contribution is -2.46. The summed E-state index contributed by atoms with van der Waals surface area (Å²) in [6, 6.07) is 16.1. The molecule has 1 amide bonds. The fourth-order valence-electron chi connectivity index (χ4n) is 3.34. The van der Waals surface area contributed by atoms with E-state index in [1.165, 1.54) is 0 Å². The van der Waals surface area contributed by atoms with Gasteiger partial charge in [-0.3, -0.25) is 9.59 Å². The SMILES string of the molecule is C[C@@H](C(=O)N1CCO[C@H](c2ccccc2)C1)n1nnc2ccccc2c1=O. The highest BCUT2D eigenvalue weighted by molar-refractivity contribution is 5.81. The molecule has 0 aliphatic carbocycles. The molecular formula is C20H20N4O3. The number of nitrogens with zero attached hydrogens (tertiary/aromatic N) is 4. The Bertz CT molecular complexity index is 1020. The van der Waals surface area contributed by atoms with E-state index in [9.17, 15) is 9.59 Å². The van der Waals surface area contributed by atoms with E-state index >= 15 is 0 Å². The molecule has 0 N–H and O–H groups in total. The van der Waals surface area contributed by atoms with E-state index in [1.54, 1.807) is 36.1 Å². The van der Waals surface area contributed by atoms with Gasteiger partial charge in [0.2, 0.25) is 5.91 Å². The van der Waals surface area contributed by atoms with Crippen molar-refractivity contribution >= 4 is 16.8 Å². The molecule has 0 saturated carbocycles. The van der Waals surface area contributed by atoms with Crippen molar-refractivity contribution in [2.75, 3.05) is 19.7 Å².